The lowest BCUT2D eigenvalue weighted by Gasteiger charge is -2.33. The van der Waals surface area contributed by atoms with Crippen LogP contribution in [-0.2, 0) is 16.2 Å². The first kappa shape index (κ1) is 21.0. The Bertz CT molecular complexity index is 1400. The fourth-order valence-electron chi connectivity index (χ4n) is 4.64. The Morgan fingerprint density at radius 2 is 1.47 bits per heavy atom. The van der Waals surface area contributed by atoms with E-state index in [2.05, 4.69) is 76.8 Å². The Morgan fingerprint density at radius 1 is 0.844 bits per heavy atom. The van der Waals surface area contributed by atoms with Crippen molar-refractivity contribution in [2.24, 2.45) is 0 Å². The summed E-state index contributed by atoms with van der Waals surface area (Å²) in [5.74, 6) is 0.662. The van der Waals surface area contributed by atoms with Crippen LogP contribution in [0.3, 0.4) is 0 Å². The molecule has 164 valence electrons. The van der Waals surface area contributed by atoms with Crippen LogP contribution < -0.4 is 4.90 Å². The number of hydrogen-bond donors (Lipinski definition) is 0. The molecule has 4 aromatic rings. The van der Waals surface area contributed by atoms with Gasteiger partial charge in [0.2, 0.25) is 5.88 Å². The van der Waals surface area contributed by atoms with Gasteiger partial charge >= 0.3 is 0 Å². The third-order valence-electron chi connectivity index (χ3n) is 6.31. The minimum Gasteiger partial charge on any atom is -0.438 e. The molecule has 1 unspecified atom stereocenters. The van der Waals surface area contributed by atoms with Crippen LogP contribution in [0.1, 0.15) is 48.6 Å². The molecule has 3 nitrogen and oxygen atoms in total. The zero-order valence-corrected chi connectivity index (χ0v) is 20.6. The Balaban J connectivity index is 1.86. The van der Waals surface area contributed by atoms with E-state index in [-0.39, 0.29) is 5.41 Å². The van der Waals surface area contributed by atoms with Crippen molar-refractivity contribution in [3.8, 4) is 0 Å². The van der Waals surface area contributed by atoms with Gasteiger partial charge in [0.05, 0.1) is 27.1 Å². The SMILES string of the molecule is Cc1ccc2c(c1)S(=O)c1c(oc3ccc(C)cc13)N2c1c(C)cc(C(C)(C)C)cc1C. The van der Waals surface area contributed by atoms with E-state index in [1.54, 1.807) is 0 Å². The van der Waals surface area contributed by atoms with Gasteiger partial charge in [0.1, 0.15) is 10.5 Å². The minimum atomic E-state index is -1.31. The first-order valence-electron chi connectivity index (χ1n) is 11.0. The second-order valence-electron chi connectivity index (χ2n) is 10.0. The van der Waals surface area contributed by atoms with Crippen molar-refractivity contribution in [1.82, 2.24) is 0 Å². The number of rotatable bonds is 1. The van der Waals surface area contributed by atoms with Gasteiger partial charge in [0.25, 0.3) is 0 Å². The molecule has 0 fully saturated rings. The molecule has 5 rings (SSSR count). The summed E-state index contributed by atoms with van der Waals surface area (Å²) >= 11 is 0. The van der Waals surface area contributed by atoms with Crippen LogP contribution in [0.5, 0.6) is 0 Å². The van der Waals surface area contributed by atoms with E-state index in [1.165, 1.54) is 16.7 Å². The predicted octanol–water partition coefficient (Wildman–Crippen LogP) is 7.91. The molecule has 2 heterocycles. The lowest BCUT2D eigenvalue weighted by molar-refractivity contribution is 0.588. The van der Waals surface area contributed by atoms with Crippen LogP contribution in [0, 0.1) is 27.7 Å². The summed E-state index contributed by atoms with van der Waals surface area (Å²) in [6.45, 7) is 15.1. The first-order chi connectivity index (χ1) is 15.1. The molecule has 0 saturated carbocycles. The smallest absolute Gasteiger partial charge is 0.222 e. The number of nitrogens with zero attached hydrogens (tertiary/aromatic N) is 1. The highest BCUT2D eigenvalue weighted by atomic mass is 32.2. The lowest BCUT2D eigenvalue weighted by atomic mass is 9.84. The highest BCUT2D eigenvalue weighted by molar-refractivity contribution is 7.85. The van der Waals surface area contributed by atoms with Crippen molar-refractivity contribution in [3.05, 3.63) is 76.3 Å². The zero-order valence-electron chi connectivity index (χ0n) is 19.8. The van der Waals surface area contributed by atoms with Crippen molar-refractivity contribution in [2.45, 2.75) is 63.7 Å². The van der Waals surface area contributed by atoms with Crippen LogP contribution in [-0.4, -0.2) is 4.21 Å². The van der Waals surface area contributed by atoms with Gasteiger partial charge in [0.15, 0.2) is 0 Å². The molecule has 1 aliphatic heterocycles. The molecule has 0 aliphatic carbocycles. The highest BCUT2D eigenvalue weighted by Gasteiger charge is 2.36. The summed E-state index contributed by atoms with van der Waals surface area (Å²) in [5.41, 5.74) is 8.74. The third-order valence-corrected chi connectivity index (χ3v) is 7.80. The molecule has 0 saturated heterocycles. The number of furan rings is 1. The molecule has 1 aromatic heterocycles. The Hall–Kier alpha value is -2.85. The largest absolute Gasteiger partial charge is 0.438 e. The van der Waals surface area contributed by atoms with Crippen LogP contribution in [0.25, 0.3) is 11.0 Å². The molecule has 0 amide bonds. The maximum Gasteiger partial charge on any atom is 0.222 e. The topological polar surface area (TPSA) is 33.5 Å². The Kier molecular flexibility index (Phi) is 4.65. The highest BCUT2D eigenvalue weighted by Crippen LogP contribution is 2.52. The van der Waals surface area contributed by atoms with Gasteiger partial charge in [-0.3, -0.25) is 4.90 Å². The Labute approximate surface area is 192 Å². The van der Waals surface area contributed by atoms with Gasteiger partial charge < -0.3 is 4.42 Å². The van der Waals surface area contributed by atoms with Crippen molar-refractivity contribution in [3.63, 3.8) is 0 Å². The maximum atomic E-state index is 13.8. The molecule has 0 bridgehead atoms. The van der Waals surface area contributed by atoms with E-state index >= 15 is 0 Å². The van der Waals surface area contributed by atoms with E-state index in [4.69, 9.17) is 4.42 Å². The summed E-state index contributed by atoms with van der Waals surface area (Å²) < 4.78 is 20.2. The molecule has 1 aliphatic rings. The van der Waals surface area contributed by atoms with Gasteiger partial charge in [-0.2, -0.15) is 0 Å². The molecule has 0 radical (unpaired) electrons. The first-order valence-corrected chi connectivity index (χ1v) is 12.2. The van der Waals surface area contributed by atoms with Gasteiger partial charge in [-0.05, 0) is 79.6 Å². The number of anilines is 3. The average molecular weight is 444 g/mol. The van der Waals surface area contributed by atoms with Crippen LogP contribution in [0.4, 0.5) is 17.3 Å². The van der Waals surface area contributed by atoms with E-state index in [0.717, 1.165) is 43.3 Å². The summed E-state index contributed by atoms with van der Waals surface area (Å²) in [6, 6.07) is 16.8. The van der Waals surface area contributed by atoms with Gasteiger partial charge in [-0.1, -0.05) is 50.6 Å². The fraction of sp³-hybridized carbons (Fsp3) is 0.286. The van der Waals surface area contributed by atoms with E-state index in [0.29, 0.717) is 5.88 Å². The van der Waals surface area contributed by atoms with Crippen molar-refractivity contribution in [2.75, 3.05) is 4.90 Å². The quantitative estimate of drug-likeness (QED) is 0.264. The minimum absolute atomic E-state index is 0.0640. The zero-order chi connectivity index (χ0) is 22.9. The van der Waals surface area contributed by atoms with Gasteiger partial charge in [-0.25, -0.2) is 4.21 Å². The van der Waals surface area contributed by atoms with Crippen LogP contribution in [0.15, 0.2) is 62.7 Å². The third kappa shape index (κ3) is 3.12. The molecule has 0 spiro atoms. The summed E-state index contributed by atoms with van der Waals surface area (Å²) in [5, 5.41) is 0.928. The van der Waals surface area contributed by atoms with Crippen molar-refractivity contribution >= 4 is 39.0 Å². The maximum absolute atomic E-state index is 13.8. The lowest BCUT2D eigenvalue weighted by Crippen LogP contribution is -2.21. The van der Waals surface area contributed by atoms with E-state index < -0.39 is 10.8 Å². The average Bonchev–Trinajstić information content (AvgIpc) is 3.07. The summed E-state index contributed by atoms with van der Waals surface area (Å²) in [6.07, 6.45) is 0. The van der Waals surface area contributed by atoms with Gasteiger partial charge in [0, 0.05) is 5.39 Å². The van der Waals surface area contributed by atoms with Gasteiger partial charge in [-0.15, -0.1) is 0 Å². The second kappa shape index (κ2) is 7.08. The molecule has 32 heavy (non-hydrogen) atoms. The van der Waals surface area contributed by atoms with Crippen LogP contribution in [0.2, 0.25) is 0 Å². The number of hydrogen-bond acceptors (Lipinski definition) is 3. The monoisotopic (exact) mass is 443 g/mol. The molecule has 4 heteroatoms. The van der Waals surface area contributed by atoms with E-state index in [1.807, 2.05) is 25.1 Å². The Morgan fingerprint density at radius 3 is 2.12 bits per heavy atom. The normalized spacial score (nSPS) is 15.7. The van der Waals surface area contributed by atoms with Crippen LogP contribution >= 0.6 is 0 Å². The molecule has 0 N–H and O–H groups in total. The predicted molar refractivity (Wildman–Crippen MR) is 133 cm³/mol. The number of fused-ring (bicyclic) bond motifs is 4. The fourth-order valence-corrected chi connectivity index (χ4v) is 6.15. The van der Waals surface area contributed by atoms with Crippen molar-refractivity contribution < 1.29 is 8.63 Å². The number of benzene rings is 3. The second-order valence-corrected chi connectivity index (χ2v) is 11.4. The molecule has 3 aromatic carbocycles. The summed E-state index contributed by atoms with van der Waals surface area (Å²) in [7, 11) is -1.31. The summed E-state index contributed by atoms with van der Waals surface area (Å²) in [4.78, 5) is 3.78. The molecule has 1 atom stereocenters. The standard InChI is InChI=1S/C28H29NO2S/c1-16-9-11-23-21(12-16)26-27(31-23)29(22-10-8-17(2)13-24(22)32(26)30)25-18(3)14-20(15-19(25)4)28(5,6)7/h8-15H,1-7H3. The van der Waals surface area contributed by atoms with E-state index in [9.17, 15) is 4.21 Å². The molecular formula is C28H29NO2S. The molecular weight excluding hydrogens is 414 g/mol. The van der Waals surface area contributed by atoms with Crippen molar-refractivity contribution in [1.29, 1.82) is 0 Å². The number of aryl methyl sites for hydroxylation is 4.